The molecule has 0 saturated heterocycles. The summed E-state index contributed by atoms with van der Waals surface area (Å²) in [7, 11) is 0. The van der Waals surface area contributed by atoms with Crippen LogP contribution in [-0.2, 0) is 11.3 Å². The van der Waals surface area contributed by atoms with Crippen LogP contribution in [0.5, 0.6) is 0 Å². The maximum Gasteiger partial charge on any atom is 0.252 e. The Morgan fingerprint density at radius 2 is 1.70 bits per heavy atom. The van der Waals surface area contributed by atoms with Gasteiger partial charge in [0.15, 0.2) is 0 Å². The maximum atomic E-state index is 13.3. The molecule has 40 heavy (non-hydrogen) atoms. The summed E-state index contributed by atoms with van der Waals surface area (Å²) in [6.45, 7) is 4.71. The number of carbonyl (C=O) groups excluding carboxylic acids is 2. The normalized spacial score (nSPS) is 11.6. The van der Waals surface area contributed by atoms with Gasteiger partial charge < -0.3 is 10.6 Å². The molecule has 6 nitrogen and oxygen atoms in total. The minimum absolute atomic E-state index is 0.224. The number of carbonyl (C=O) groups is 2. The molecule has 0 radical (unpaired) electrons. The van der Waals surface area contributed by atoms with Crippen molar-refractivity contribution in [1.82, 2.24) is 10.6 Å². The highest BCUT2D eigenvalue weighted by Crippen LogP contribution is 2.19. The van der Waals surface area contributed by atoms with Crippen molar-refractivity contribution in [2.45, 2.75) is 31.8 Å². The van der Waals surface area contributed by atoms with Crippen molar-refractivity contribution in [2.24, 2.45) is 4.99 Å². The highest BCUT2D eigenvalue weighted by atomic mass is 16.2. The first-order chi connectivity index (χ1) is 19.6. The van der Waals surface area contributed by atoms with Gasteiger partial charge in [0.1, 0.15) is 6.04 Å². The molecule has 2 amide bonds. The van der Waals surface area contributed by atoms with Gasteiger partial charge in [0.2, 0.25) is 5.91 Å². The van der Waals surface area contributed by atoms with Crippen molar-refractivity contribution in [2.75, 3.05) is 6.54 Å². The number of rotatable bonds is 12. The van der Waals surface area contributed by atoms with Crippen LogP contribution in [0.15, 0.2) is 103 Å². The molecule has 0 bridgehead atoms. The third-order valence-electron chi connectivity index (χ3n) is 6.62. The second-order valence-corrected chi connectivity index (χ2v) is 9.48. The van der Waals surface area contributed by atoms with Gasteiger partial charge in [0.05, 0.1) is 11.6 Å². The molecule has 0 aliphatic heterocycles. The van der Waals surface area contributed by atoms with E-state index in [0.29, 0.717) is 37.1 Å². The van der Waals surface area contributed by atoms with Crippen LogP contribution < -0.4 is 10.6 Å². The Labute approximate surface area is 235 Å². The Balaban J connectivity index is 1.39. The average Bonchev–Trinajstić information content (AvgIpc) is 3.00. The number of nitrogens with one attached hydrogen (secondary N) is 2. The number of fused-ring (bicyclic) bond motifs is 1. The van der Waals surface area contributed by atoms with Gasteiger partial charge in [0, 0.05) is 24.9 Å². The van der Waals surface area contributed by atoms with Crippen LogP contribution in [0.1, 0.15) is 51.9 Å². The number of nitrogens with zero attached hydrogens (tertiary/aromatic N) is 2. The van der Waals surface area contributed by atoms with E-state index >= 15 is 0 Å². The quantitative estimate of drug-likeness (QED) is 0.173. The van der Waals surface area contributed by atoms with Gasteiger partial charge in [0.25, 0.3) is 5.91 Å². The average molecular weight is 529 g/mol. The van der Waals surface area contributed by atoms with Crippen LogP contribution in [0, 0.1) is 11.3 Å². The van der Waals surface area contributed by atoms with E-state index < -0.39 is 6.04 Å². The molecule has 0 aliphatic rings. The number of benzene rings is 4. The van der Waals surface area contributed by atoms with Crippen LogP contribution in [0.25, 0.3) is 16.8 Å². The van der Waals surface area contributed by atoms with Crippen molar-refractivity contribution < 1.29 is 9.59 Å². The minimum atomic E-state index is -0.685. The number of hydrogen-bond donors (Lipinski definition) is 2. The summed E-state index contributed by atoms with van der Waals surface area (Å²) in [5.41, 5.74) is 3.99. The largest absolute Gasteiger partial charge is 0.350 e. The molecule has 0 aliphatic carbocycles. The van der Waals surface area contributed by atoms with Crippen LogP contribution >= 0.6 is 0 Å². The number of aliphatic imine (C=N–C) groups is 1. The van der Waals surface area contributed by atoms with Gasteiger partial charge in [-0.1, -0.05) is 85.5 Å². The molecule has 0 heterocycles. The molecule has 4 aromatic rings. The summed E-state index contributed by atoms with van der Waals surface area (Å²) < 4.78 is 0. The van der Waals surface area contributed by atoms with Gasteiger partial charge in [-0.25, -0.2) is 0 Å². The number of unbranched alkanes of at least 4 members (excludes halogenated alkanes) is 1. The van der Waals surface area contributed by atoms with Crippen LogP contribution in [0.4, 0.5) is 0 Å². The first kappa shape index (κ1) is 28.0. The molecule has 200 valence electrons. The van der Waals surface area contributed by atoms with E-state index in [1.807, 2.05) is 72.8 Å². The molecule has 0 saturated carbocycles. The van der Waals surface area contributed by atoms with Gasteiger partial charge in [-0.15, -0.1) is 0 Å². The summed E-state index contributed by atoms with van der Waals surface area (Å²) in [6.07, 6.45) is 5.47. The third kappa shape index (κ3) is 7.75. The lowest BCUT2D eigenvalue weighted by atomic mass is 10.0. The topological polar surface area (TPSA) is 94.3 Å². The van der Waals surface area contributed by atoms with Crippen molar-refractivity contribution in [3.8, 4) is 6.07 Å². The summed E-state index contributed by atoms with van der Waals surface area (Å²) in [6, 6.07) is 29.8. The fourth-order valence-electron chi connectivity index (χ4n) is 4.42. The van der Waals surface area contributed by atoms with E-state index in [9.17, 15) is 9.59 Å². The molecule has 0 aromatic heterocycles. The van der Waals surface area contributed by atoms with Crippen molar-refractivity contribution in [3.05, 3.63) is 125 Å². The molecule has 4 aromatic carbocycles. The van der Waals surface area contributed by atoms with Crippen LogP contribution in [0.2, 0.25) is 0 Å². The van der Waals surface area contributed by atoms with E-state index in [4.69, 9.17) is 5.26 Å². The predicted octanol–water partition coefficient (Wildman–Crippen LogP) is 6.06. The highest BCUT2D eigenvalue weighted by Gasteiger charge is 2.22. The standard InChI is InChI=1S/C34H32N4O2/c1-2-25-16-18-26(19-17-25)24-37-34(40)32(15-5-6-20-36-23-28-10-7-9-27(21-28)22-35)38-33(39)31-14-8-12-29-11-3-4-13-30(29)31/h2-4,7-14,16-19,21,23,32H,1,5-6,15,20,24H2,(H,37,40)(H,38,39). The number of hydrogen-bond acceptors (Lipinski definition) is 4. The summed E-state index contributed by atoms with van der Waals surface area (Å²) >= 11 is 0. The molecule has 1 atom stereocenters. The summed E-state index contributed by atoms with van der Waals surface area (Å²) in [4.78, 5) is 31.0. The van der Waals surface area contributed by atoms with Crippen molar-refractivity contribution >= 4 is 34.9 Å². The lowest BCUT2D eigenvalue weighted by Gasteiger charge is -2.19. The predicted molar refractivity (Wildman–Crippen MR) is 161 cm³/mol. The summed E-state index contributed by atoms with van der Waals surface area (Å²) in [5.74, 6) is -0.499. The fraction of sp³-hybridized carbons (Fsp3) is 0.176. The summed E-state index contributed by atoms with van der Waals surface area (Å²) in [5, 5.41) is 16.8. The Bertz CT molecular complexity index is 1550. The van der Waals surface area contributed by atoms with E-state index in [-0.39, 0.29) is 11.8 Å². The lowest BCUT2D eigenvalue weighted by molar-refractivity contribution is -0.123. The third-order valence-corrected chi connectivity index (χ3v) is 6.62. The van der Waals surface area contributed by atoms with Gasteiger partial charge in [-0.2, -0.15) is 5.26 Å². The zero-order chi connectivity index (χ0) is 28.2. The zero-order valence-electron chi connectivity index (χ0n) is 22.3. The zero-order valence-corrected chi connectivity index (χ0v) is 22.3. The second-order valence-electron chi connectivity index (χ2n) is 9.48. The van der Waals surface area contributed by atoms with E-state index in [1.54, 1.807) is 30.5 Å². The lowest BCUT2D eigenvalue weighted by Crippen LogP contribution is -2.46. The van der Waals surface area contributed by atoms with E-state index in [0.717, 1.165) is 33.9 Å². The fourth-order valence-corrected chi connectivity index (χ4v) is 4.42. The monoisotopic (exact) mass is 528 g/mol. The Morgan fingerprint density at radius 1 is 0.925 bits per heavy atom. The Morgan fingerprint density at radius 3 is 2.50 bits per heavy atom. The molecule has 0 spiro atoms. The maximum absolute atomic E-state index is 13.3. The first-order valence-corrected chi connectivity index (χ1v) is 13.3. The van der Waals surface area contributed by atoms with Crippen LogP contribution in [-0.4, -0.2) is 30.6 Å². The van der Waals surface area contributed by atoms with Crippen molar-refractivity contribution in [3.63, 3.8) is 0 Å². The molecular formula is C34H32N4O2. The Hall–Kier alpha value is -5.02. The molecule has 6 heteroatoms. The molecule has 2 N–H and O–H groups in total. The van der Waals surface area contributed by atoms with E-state index in [1.165, 1.54) is 0 Å². The van der Waals surface area contributed by atoms with Gasteiger partial charge in [-0.05, 0) is 64.9 Å². The molecule has 0 fully saturated rings. The van der Waals surface area contributed by atoms with E-state index in [2.05, 4.69) is 28.3 Å². The van der Waals surface area contributed by atoms with Crippen molar-refractivity contribution in [1.29, 1.82) is 5.26 Å². The first-order valence-electron chi connectivity index (χ1n) is 13.3. The van der Waals surface area contributed by atoms with Crippen LogP contribution in [0.3, 0.4) is 0 Å². The second kappa shape index (κ2) is 14.2. The highest BCUT2D eigenvalue weighted by molar-refractivity contribution is 6.08. The number of nitriles is 1. The SMILES string of the molecule is C=Cc1ccc(CNC(=O)C(CCCCN=Cc2cccc(C#N)c2)NC(=O)c2cccc3ccccc23)cc1. The van der Waals surface area contributed by atoms with Gasteiger partial charge in [-0.3, -0.25) is 14.6 Å². The molecule has 4 rings (SSSR count). The smallest absolute Gasteiger partial charge is 0.252 e. The minimum Gasteiger partial charge on any atom is -0.350 e. The molecule has 1 unspecified atom stereocenters. The Kier molecular flexibility index (Phi) is 9.95. The molecular weight excluding hydrogens is 496 g/mol. The number of amides is 2. The van der Waals surface area contributed by atoms with Gasteiger partial charge >= 0.3 is 0 Å².